The van der Waals surface area contributed by atoms with E-state index in [2.05, 4.69) is 6.92 Å². The summed E-state index contributed by atoms with van der Waals surface area (Å²) in [5, 5.41) is 0.457. The van der Waals surface area contributed by atoms with E-state index in [0.717, 1.165) is 17.1 Å². The summed E-state index contributed by atoms with van der Waals surface area (Å²) in [5.74, 6) is 0.534. The highest BCUT2D eigenvalue weighted by molar-refractivity contribution is 7.94. The quantitative estimate of drug-likeness (QED) is 0.709. The normalized spacial score (nSPS) is 15.7. The second kappa shape index (κ2) is 7.17. The van der Waals surface area contributed by atoms with Crippen LogP contribution in [0.4, 0.5) is 16.2 Å². The van der Waals surface area contributed by atoms with Crippen LogP contribution in [-0.2, 0) is 10.0 Å². The number of halogens is 1. The Morgan fingerprint density at radius 3 is 2.46 bits per heavy atom. The van der Waals surface area contributed by atoms with Gasteiger partial charge in [0.25, 0.3) is 10.0 Å². The van der Waals surface area contributed by atoms with Gasteiger partial charge in [0, 0.05) is 18.1 Å². The zero-order valence-corrected chi connectivity index (χ0v) is 16.0. The van der Waals surface area contributed by atoms with Crippen LogP contribution in [0.1, 0.15) is 19.8 Å². The van der Waals surface area contributed by atoms with Crippen LogP contribution < -0.4 is 13.9 Å². The van der Waals surface area contributed by atoms with Gasteiger partial charge in [0.05, 0.1) is 18.0 Å². The van der Waals surface area contributed by atoms with E-state index in [1.807, 2.05) is 0 Å². The summed E-state index contributed by atoms with van der Waals surface area (Å²) in [5.41, 5.74) is 0.536. The van der Waals surface area contributed by atoms with Crippen molar-refractivity contribution in [1.29, 1.82) is 0 Å². The molecule has 0 fully saturated rings. The number of anilines is 2. The predicted molar refractivity (Wildman–Crippen MR) is 102 cm³/mol. The van der Waals surface area contributed by atoms with Gasteiger partial charge in [-0.05, 0) is 42.8 Å². The molecule has 0 saturated carbocycles. The number of nitrogens with zero attached hydrogens (tertiary/aromatic N) is 2. The lowest BCUT2D eigenvalue weighted by molar-refractivity contribution is 0.255. The maximum atomic E-state index is 13.0. The van der Waals surface area contributed by atoms with Gasteiger partial charge in [-0.3, -0.25) is 4.90 Å². The number of rotatable bonds is 5. The predicted octanol–water partition coefficient (Wildman–Crippen LogP) is 4.28. The van der Waals surface area contributed by atoms with Crippen molar-refractivity contribution in [2.24, 2.45) is 0 Å². The first-order valence-electron chi connectivity index (χ1n) is 8.21. The molecule has 8 heteroatoms. The first kappa shape index (κ1) is 18.5. The lowest BCUT2D eigenvalue weighted by Gasteiger charge is -2.34. The molecule has 138 valence electrons. The van der Waals surface area contributed by atoms with Crippen LogP contribution in [-0.4, -0.2) is 28.1 Å². The molecule has 1 heterocycles. The fourth-order valence-electron chi connectivity index (χ4n) is 2.67. The average Bonchev–Trinajstić information content (AvgIpc) is 2.61. The van der Waals surface area contributed by atoms with Crippen LogP contribution in [0.5, 0.6) is 5.75 Å². The number of urea groups is 1. The minimum absolute atomic E-state index is 0.0531. The molecule has 0 atom stereocenters. The summed E-state index contributed by atoms with van der Waals surface area (Å²) < 4.78 is 32.5. The van der Waals surface area contributed by atoms with Crippen LogP contribution >= 0.6 is 11.6 Å². The Labute approximate surface area is 158 Å². The van der Waals surface area contributed by atoms with Crippen molar-refractivity contribution in [2.75, 3.05) is 22.9 Å². The Hall–Kier alpha value is -2.25. The highest BCUT2D eigenvalue weighted by Gasteiger charge is 2.41. The maximum absolute atomic E-state index is 13.0. The molecule has 0 N–H and O–H groups in total. The van der Waals surface area contributed by atoms with Crippen molar-refractivity contribution in [3.8, 4) is 5.75 Å². The molecule has 0 bridgehead atoms. The third-order valence-electron chi connectivity index (χ3n) is 4.10. The van der Waals surface area contributed by atoms with Gasteiger partial charge < -0.3 is 4.74 Å². The molecule has 26 heavy (non-hydrogen) atoms. The van der Waals surface area contributed by atoms with Gasteiger partial charge in [-0.2, -0.15) is 4.31 Å². The summed E-state index contributed by atoms with van der Waals surface area (Å²) >= 11 is 5.86. The van der Waals surface area contributed by atoms with E-state index in [9.17, 15) is 13.2 Å². The van der Waals surface area contributed by atoms with Crippen molar-refractivity contribution < 1.29 is 17.9 Å². The molecule has 0 aromatic heterocycles. The van der Waals surface area contributed by atoms with E-state index < -0.39 is 16.1 Å². The average molecular weight is 395 g/mol. The van der Waals surface area contributed by atoms with Gasteiger partial charge in [-0.25, -0.2) is 13.2 Å². The summed E-state index contributed by atoms with van der Waals surface area (Å²) in [6.45, 7) is 2.59. The van der Waals surface area contributed by atoms with Crippen molar-refractivity contribution in [2.45, 2.75) is 24.7 Å². The number of sulfonamides is 1. The molecule has 6 nitrogen and oxygen atoms in total. The summed E-state index contributed by atoms with van der Waals surface area (Å²) in [6.07, 6.45) is 1.89. The molecule has 2 aromatic rings. The Morgan fingerprint density at radius 2 is 1.81 bits per heavy atom. The first-order valence-corrected chi connectivity index (χ1v) is 10.0. The van der Waals surface area contributed by atoms with Crippen LogP contribution in [0.15, 0.2) is 47.4 Å². The van der Waals surface area contributed by atoms with Gasteiger partial charge in [0.1, 0.15) is 10.6 Å². The van der Waals surface area contributed by atoms with Crippen LogP contribution in [0, 0.1) is 0 Å². The highest BCUT2D eigenvalue weighted by atomic mass is 35.5. The number of hydrogen-bond donors (Lipinski definition) is 0. The van der Waals surface area contributed by atoms with Gasteiger partial charge in [0.15, 0.2) is 0 Å². The van der Waals surface area contributed by atoms with E-state index >= 15 is 0 Å². The Bertz CT molecular complexity index is 929. The molecular weight excluding hydrogens is 376 g/mol. The number of unbranched alkanes of at least 4 members (excludes halogenated alkanes) is 1. The zero-order chi connectivity index (χ0) is 18.9. The maximum Gasteiger partial charge on any atom is 0.342 e. The van der Waals surface area contributed by atoms with E-state index in [1.54, 1.807) is 24.3 Å². The Balaban J connectivity index is 2.03. The molecule has 0 radical (unpaired) electrons. The van der Waals surface area contributed by atoms with Crippen LogP contribution in [0.25, 0.3) is 0 Å². The molecule has 0 aliphatic carbocycles. The van der Waals surface area contributed by atoms with Crippen molar-refractivity contribution in [3.63, 3.8) is 0 Å². The first-order chi connectivity index (χ1) is 12.4. The summed E-state index contributed by atoms with van der Waals surface area (Å²) in [4.78, 5) is 14.1. The highest BCUT2D eigenvalue weighted by Crippen LogP contribution is 2.38. The van der Waals surface area contributed by atoms with Gasteiger partial charge in [-0.1, -0.05) is 24.9 Å². The Kier molecular flexibility index (Phi) is 5.11. The second-order valence-corrected chi connectivity index (χ2v) is 8.11. The number of hydrogen-bond acceptors (Lipinski definition) is 4. The fraction of sp³-hybridized carbons (Fsp3) is 0.278. The third-order valence-corrected chi connectivity index (χ3v) is 6.10. The second-order valence-electron chi connectivity index (χ2n) is 5.92. The third kappa shape index (κ3) is 3.24. The van der Waals surface area contributed by atoms with Crippen LogP contribution in [0.3, 0.4) is 0 Å². The zero-order valence-electron chi connectivity index (χ0n) is 14.5. The lowest BCUT2D eigenvalue weighted by Crippen LogP contribution is -2.49. The molecular formula is C18H19ClN2O4S. The van der Waals surface area contributed by atoms with Gasteiger partial charge in [0.2, 0.25) is 0 Å². The smallest absolute Gasteiger partial charge is 0.342 e. The number of fused-ring (bicyclic) bond motifs is 1. The van der Waals surface area contributed by atoms with Gasteiger partial charge in [-0.15, -0.1) is 0 Å². The number of ether oxygens (including phenoxy) is 1. The SMILES string of the molecule is CCCCOc1ccc2c(c1)N(C)C(=O)N(c1ccc(Cl)cc1)S2(=O)=O. The lowest BCUT2D eigenvalue weighted by atomic mass is 10.2. The van der Waals surface area contributed by atoms with E-state index in [4.69, 9.17) is 16.3 Å². The topological polar surface area (TPSA) is 66.9 Å². The molecule has 0 unspecified atom stereocenters. The van der Waals surface area contributed by atoms with Crippen molar-refractivity contribution >= 4 is 39.0 Å². The number of carbonyl (C=O) groups is 1. The molecule has 1 aliphatic heterocycles. The van der Waals surface area contributed by atoms with Crippen molar-refractivity contribution in [1.82, 2.24) is 0 Å². The number of amides is 2. The summed E-state index contributed by atoms with van der Waals surface area (Å²) in [6, 6.07) is 10.1. The van der Waals surface area contributed by atoms with Gasteiger partial charge >= 0.3 is 6.03 Å². The minimum atomic E-state index is -4.03. The number of carbonyl (C=O) groups excluding carboxylic acids is 1. The molecule has 1 aliphatic rings. The molecule has 2 aromatic carbocycles. The monoisotopic (exact) mass is 394 g/mol. The standard InChI is InChI=1S/C18H19ClN2O4S/c1-3-4-11-25-15-9-10-17-16(12-15)20(2)18(22)21(26(17,23)24)14-7-5-13(19)6-8-14/h5-10,12H,3-4,11H2,1-2H3. The molecule has 0 spiro atoms. The molecule has 0 saturated heterocycles. The largest absolute Gasteiger partial charge is 0.494 e. The molecule has 2 amide bonds. The Morgan fingerprint density at radius 1 is 1.12 bits per heavy atom. The van der Waals surface area contributed by atoms with E-state index in [0.29, 0.717) is 23.1 Å². The minimum Gasteiger partial charge on any atom is -0.494 e. The van der Waals surface area contributed by atoms with E-state index in [-0.39, 0.29) is 10.6 Å². The fourth-order valence-corrected chi connectivity index (χ4v) is 4.42. The number of benzene rings is 2. The van der Waals surface area contributed by atoms with Crippen LogP contribution in [0.2, 0.25) is 5.02 Å². The summed E-state index contributed by atoms with van der Waals surface area (Å²) in [7, 11) is -2.49. The molecule has 3 rings (SSSR count). The van der Waals surface area contributed by atoms with Crippen molar-refractivity contribution in [3.05, 3.63) is 47.5 Å². The van der Waals surface area contributed by atoms with E-state index in [1.165, 1.54) is 30.1 Å².